The molecule has 0 spiro atoms. The predicted molar refractivity (Wildman–Crippen MR) is 78.0 cm³/mol. The minimum absolute atomic E-state index is 0.422. The van der Waals surface area contributed by atoms with Crippen molar-refractivity contribution in [1.29, 1.82) is 0 Å². The molecule has 0 aliphatic carbocycles. The number of carbonyl (C=O) groups excluding carboxylic acids is 2. The Morgan fingerprint density at radius 3 is 2.40 bits per heavy atom. The van der Waals surface area contributed by atoms with Crippen molar-refractivity contribution in [3.8, 4) is 0 Å². The molecule has 1 heterocycles. The van der Waals surface area contributed by atoms with E-state index in [-0.39, 0.29) is 0 Å². The fraction of sp³-hybridized carbons (Fsp3) is 0.0588. The Morgan fingerprint density at radius 1 is 1.00 bits per heavy atom. The molecule has 0 unspecified atom stereocenters. The van der Waals surface area contributed by atoms with Crippen LogP contribution in [0.25, 0.3) is 10.9 Å². The van der Waals surface area contributed by atoms with Crippen LogP contribution in [0.2, 0.25) is 0 Å². The zero-order chi connectivity index (χ0) is 14.1. The van der Waals surface area contributed by atoms with Crippen LogP contribution in [-0.4, -0.2) is 16.1 Å². The number of carbonyl (C=O) groups is 2. The molecule has 0 aliphatic rings. The lowest BCUT2D eigenvalue weighted by molar-refractivity contribution is 0.0818. The number of fused-ring (bicyclic) bond motifs is 1. The van der Waals surface area contributed by atoms with E-state index in [0.717, 1.165) is 10.9 Å². The molecule has 3 nitrogen and oxygen atoms in total. The molecule has 3 aromatic rings. The first-order valence-corrected chi connectivity index (χ1v) is 6.36. The molecule has 0 radical (unpaired) electrons. The molecule has 0 N–H and O–H groups in total. The van der Waals surface area contributed by atoms with Crippen molar-refractivity contribution in [3.63, 3.8) is 0 Å². The van der Waals surface area contributed by atoms with Gasteiger partial charge in [0.05, 0.1) is 5.56 Å². The minimum Gasteiger partial charge on any atom is -0.350 e. The third-order valence-electron chi connectivity index (χ3n) is 3.38. The molecule has 0 amide bonds. The number of ketones is 2. The average Bonchev–Trinajstić information content (AvgIpc) is 2.84. The van der Waals surface area contributed by atoms with Gasteiger partial charge in [-0.1, -0.05) is 48.5 Å². The van der Waals surface area contributed by atoms with Crippen molar-refractivity contribution < 1.29 is 9.59 Å². The lowest BCUT2D eigenvalue weighted by Crippen LogP contribution is -2.14. The summed E-state index contributed by atoms with van der Waals surface area (Å²) in [6.07, 6.45) is 1.72. The van der Waals surface area contributed by atoms with Gasteiger partial charge in [0.1, 0.15) is 0 Å². The fourth-order valence-electron chi connectivity index (χ4n) is 2.37. The van der Waals surface area contributed by atoms with E-state index < -0.39 is 11.6 Å². The van der Waals surface area contributed by atoms with Crippen molar-refractivity contribution in [3.05, 3.63) is 71.9 Å². The molecule has 98 valence electrons. The van der Waals surface area contributed by atoms with Gasteiger partial charge in [0.2, 0.25) is 11.6 Å². The molecular weight excluding hydrogens is 252 g/mol. The SMILES string of the molecule is Cn1cc(C(=[18O])C(=O)c2ccccc2)c2ccccc21. The van der Waals surface area contributed by atoms with Crippen molar-refractivity contribution in [2.24, 2.45) is 7.05 Å². The summed E-state index contributed by atoms with van der Waals surface area (Å²) >= 11 is 0. The van der Waals surface area contributed by atoms with Crippen LogP contribution in [0.5, 0.6) is 0 Å². The van der Waals surface area contributed by atoms with Crippen molar-refractivity contribution >= 4 is 22.5 Å². The van der Waals surface area contributed by atoms with Gasteiger partial charge in [0.15, 0.2) is 0 Å². The number of nitrogens with zero attached hydrogens (tertiary/aromatic N) is 1. The number of hydrogen-bond acceptors (Lipinski definition) is 2. The van der Waals surface area contributed by atoms with Gasteiger partial charge >= 0.3 is 0 Å². The second-order valence-electron chi connectivity index (χ2n) is 4.70. The molecule has 0 atom stereocenters. The third-order valence-corrected chi connectivity index (χ3v) is 3.38. The van der Waals surface area contributed by atoms with Gasteiger partial charge in [0.25, 0.3) is 0 Å². The molecule has 2 aromatic carbocycles. The topological polar surface area (TPSA) is 39.1 Å². The summed E-state index contributed by atoms with van der Waals surface area (Å²) in [5.41, 5.74) is 1.82. The first-order valence-electron chi connectivity index (χ1n) is 6.36. The highest BCUT2D eigenvalue weighted by atomic mass is 18.1. The zero-order valence-corrected chi connectivity index (χ0v) is 11.0. The van der Waals surface area contributed by atoms with E-state index in [9.17, 15) is 9.59 Å². The molecule has 0 bridgehead atoms. The van der Waals surface area contributed by atoms with Crippen LogP contribution in [-0.2, 0) is 7.05 Å². The zero-order valence-electron chi connectivity index (χ0n) is 11.0. The molecule has 0 saturated heterocycles. The minimum atomic E-state index is -0.470. The van der Waals surface area contributed by atoms with E-state index in [1.807, 2.05) is 41.9 Å². The van der Waals surface area contributed by atoms with E-state index in [1.54, 1.807) is 30.5 Å². The first-order chi connectivity index (χ1) is 9.68. The Labute approximate surface area is 116 Å². The van der Waals surface area contributed by atoms with E-state index >= 15 is 0 Å². The average molecular weight is 265 g/mol. The highest BCUT2D eigenvalue weighted by Crippen LogP contribution is 2.21. The quantitative estimate of drug-likeness (QED) is 0.414. The highest BCUT2D eigenvalue weighted by molar-refractivity contribution is 6.50. The summed E-state index contributed by atoms with van der Waals surface area (Å²) in [6.45, 7) is 0. The van der Waals surface area contributed by atoms with E-state index in [4.69, 9.17) is 0 Å². The number of aromatic nitrogens is 1. The van der Waals surface area contributed by atoms with Crippen LogP contribution in [0.4, 0.5) is 0 Å². The summed E-state index contributed by atoms with van der Waals surface area (Å²) in [4.78, 5) is 24.6. The van der Waals surface area contributed by atoms with Gasteiger partial charge in [-0.3, -0.25) is 9.59 Å². The maximum atomic E-state index is 12.4. The number of para-hydroxylation sites is 1. The van der Waals surface area contributed by atoms with Gasteiger partial charge in [-0.15, -0.1) is 0 Å². The lowest BCUT2D eigenvalue weighted by Gasteiger charge is -1.99. The van der Waals surface area contributed by atoms with Crippen LogP contribution in [0.1, 0.15) is 20.7 Å². The van der Waals surface area contributed by atoms with Crippen molar-refractivity contribution in [1.82, 2.24) is 4.57 Å². The van der Waals surface area contributed by atoms with Gasteiger partial charge in [-0.05, 0) is 6.07 Å². The predicted octanol–water partition coefficient (Wildman–Crippen LogP) is 3.24. The largest absolute Gasteiger partial charge is 0.350 e. The molecule has 0 fully saturated rings. The third kappa shape index (κ3) is 1.93. The number of benzene rings is 2. The molecule has 3 rings (SSSR count). The van der Waals surface area contributed by atoms with Crippen LogP contribution in [0.15, 0.2) is 60.8 Å². The first kappa shape index (κ1) is 12.4. The smallest absolute Gasteiger partial charge is 0.235 e. The number of hydrogen-bond donors (Lipinski definition) is 0. The van der Waals surface area contributed by atoms with Gasteiger partial charge < -0.3 is 4.57 Å². The standard InChI is InChI=1S/C17H13NO2/c1-18-11-14(13-9-5-6-10-15(13)18)17(20)16(19)12-7-3-2-4-8-12/h2-11H,1H3/i20+2. The second kappa shape index (κ2) is 4.78. The molecular formula is C17H13NO2. The highest BCUT2D eigenvalue weighted by Gasteiger charge is 2.21. The summed E-state index contributed by atoms with van der Waals surface area (Å²) in [5, 5.41) is 0.810. The molecule has 3 heteroatoms. The Hall–Kier alpha value is -2.68. The lowest BCUT2D eigenvalue weighted by atomic mass is 10.0. The van der Waals surface area contributed by atoms with Crippen LogP contribution in [0.3, 0.4) is 0 Å². The Bertz CT molecular complexity index is 800. The normalized spacial score (nSPS) is 10.7. The Kier molecular flexibility index (Phi) is 2.95. The number of rotatable bonds is 3. The summed E-state index contributed by atoms with van der Waals surface area (Å²) < 4.78 is 1.86. The summed E-state index contributed by atoms with van der Waals surface area (Å²) in [5.74, 6) is -0.935. The molecule has 1 aromatic heterocycles. The fourth-order valence-corrected chi connectivity index (χ4v) is 2.37. The number of aryl methyl sites for hydroxylation is 1. The van der Waals surface area contributed by atoms with Gasteiger partial charge in [-0.25, -0.2) is 0 Å². The maximum Gasteiger partial charge on any atom is 0.235 e. The second-order valence-corrected chi connectivity index (χ2v) is 4.70. The monoisotopic (exact) mass is 265 g/mol. The van der Waals surface area contributed by atoms with Crippen molar-refractivity contribution in [2.45, 2.75) is 0 Å². The molecule has 20 heavy (non-hydrogen) atoms. The van der Waals surface area contributed by atoms with E-state index in [2.05, 4.69) is 0 Å². The maximum absolute atomic E-state index is 12.4. The van der Waals surface area contributed by atoms with Crippen LogP contribution >= 0.6 is 0 Å². The molecule has 0 aliphatic heterocycles. The number of Topliss-reactive ketones (excluding diaryl/α,β-unsaturated/α-hetero) is 2. The Morgan fingerprint density at radius 2 is 1.65 bits per heavy atom. The van der Waals surface area contributed by atoms with Crippen LogP contribution in [0, 0.1) is 0 Å². The Balaban J connectivity index is 2.08. The summed E-state index contributed by atoms with van der Waals surface area (Å²) in [6, 6.07) is 16.2. The molecule has 0 saturated carbocycles. The van der Waals surface area contributed by atoms with Crippen LogP contribution < -0.4 is 0 Å². The van der Waals surface area contributed by atoms with Crippen molar-refractivity contribution in [2.75, 3.05) is 0 Å². The van der Waals surface area contributed by atoms with E-state index in [1.165, 1.54) is 0 Å². The van der Waals surface area contributed by atoms with Gasteiger partial charge in [-0.2, -0.15) is 0 Å². The van der Waals surface area contributed by atoms with Gasteiger partial charge in [0, 0.05) is 29.7 Å². The van der Waals surface area contributed by atoms with E-state index in [0.29, 0.717) is 11.1 Å². The summed E-state index contributed by atoms with van der Waals surface area (Å²) in [7, 11) is 1.87.